The lowest BCUT2D eigenvalue weighted by Crippen LogP contribution is -2.50. The predicted molar refractivity (Wildman–Crippen MR) is 97.3 cm³/mol. The molecule has 0 amide bonds. The van der Waals surface area contributed by atoms with Gasteiger partial charge in [0.15, 0.2) is 20.4 Å². The first kappa shape index (κ1) is 18.8. The summed E-state index contributed by atoms with van der Waals surface area (Å²) in [5.41, 5.74) is 0. The molecular weight excluding hydrogens is 320 g/mol. The van der Waals surface area contributed by atoms with Gasteiger partial charge in [-0.1, -0.05) is 46.5 Å². The molecule has 4 unspecified atom stereocenters. The van der Waals surface area contributed by atoms with Gasteiger partial charge in [-0.25, -0.2) is 0 Å². The monoisotopic (exact) mass is 356 g/mol. The molecule has 1 aliphatic carbocycles. The smallest absolute Gasteiger partial charge is 0.192 e. The van der Waals surface area contributed by atoms with Crippen LogP contribution < -0.4 is 0 Å². The SMILES string of the molecule is CC1(C)OC2OC(CC3CCCC3)C(O[Si](C)(C)C(C)(C)C)C2O1. The summed E-state index contributed by atoms with van der Waals surface area (Å²) >= 11 is 0. The second kappa shape index (κ2) is 6.34. The summed E-state index contributed by atoms with van der Waals surface area (Å²) in [6.07, 6.45) is 6.19. The molecule has 0 aromatic carbocycles. The molecule has 1 saturated carbocycles. The van der Waals surface area contributed by atoms with Crippen molar-refractivity contribution in [1.29, 1.82) is 0 Å². The number of hydrogen-bond acceptors (Lipinski definition) is 4. The average molecular weight is 357 g/mol. The molecule has 0 aromatic heterocycles. The van der Waals surface area contributed by atoms with Gasteiger partial charge in [-0.05, 0) is 44.3 Å². The van der Waals surface area contributed by atoms with Crippen molar-refractivity contribution in [2.75, 3.05) is 0 Å². The lowest BCUT2D eigenvalue weighted by Gasteiger charge is -2.40. The Morgan fingerprint density at radius 2 is 1.71 bits per heavy atom. The van der Waals surface area contributed by atoms with Gasteiger partial charge in [0.2, 0.25) is 0 Å². The van der Waals surface area contributed by atoms with Crippen LogP contribution in [0.25, 0.3) is 0 Å². The largest absolute Gasteiger partial charge is 0.408 e. The van der Waals surface area contributed by atoms with E-state index in [0.717, 1.165) is 12.3 Å². The summed E-state index contributed by atoms with van der Waals surface area (Å²) in [7, 11) is -1.89. The molecule has 0 radical (unpaired) electrons. The van der Waals surface area contributed by atoms with Crippen LogP contribution in [-0.4, -0.2) is 38.7 Å². The van der Waals surface area contributed by atoms with Gasteiger partial charge in [0.25, 0.3) is 0 Å². The zero-order chi connectivity index (χ0) is 17.8. The molecule has 0 bridgehead atoms. The molecule has 3 rings (SSSR count). The Kier molecular flexibility index (Phi) is 4.98. The van der Waals surface area contributed by atoms with Crippen LogP contribution in [0.3, 0.4) is 0 Å². The van der Waals surface area contributed by atoms with E-state index < -0.39 is 14.1 Å². The van der Waals surface area contributed by atoms with Crippen LogP contribution in [0.4, 0.5) is 0 Å². The first-order valence-corrected chi connectivity index (χ1v) is 12.6. The molecule has 2 heterocycles. The molecule has 0 N–H and O–H groups in total. The molecule has 3 aliphatic rings. The Hall–Kier alpha value is 0.0569. The number of hydrogen-bond donors (Lipinski definition) is 0. The molecule has 24 heavy (non-hydrogen) atoms. The molecule has 2 saturated heterocycles. The van der Waals surface area contributed by atoms with Crippen molar-refractivity contribution in [3.05, 3.63) is 0 Å². The van der Waals surface area contributed by atoms with E-state index in [9.17, 15) is 0 Å². The van der Waals surface area contributed by atoms with Crippen LogP contribution in [0.5, 0.6) is 0 Å². The molecule has 0 aromatic rings. The summed E-state index contributed by atoms with van der Waals surface area (Å²) in [4.78, 5) is 0. The van der Waals surface area contributed by atoms with Gasteiger partial charge in [0.05, 0.1) is 6.10 Å². The lowest BCUT2D eigenvalue weighted by atomic mass is 9.96. The van der Waals surface area contributed by atoms with E-state index >= 15 is 0 Å². The predicted octanol–water partition coefficient (Wildman–Crippen LogP) is 4.83. The summed E-state index contributed by atoms with van der Waals surface area (Å²) in [5.74, 6) is 0.190. The number of ether oxygens (including phenoxy) is 3. The van der Waals surface area contributed by atoms with E-state index in [4.69, 9.17) is 18.6 Å². The maximum Gasteiger partial charge on any atom is 0.192 e. The molecule has 2 aliphatic heterocycles. The second-order valence-electron chi connectivity index (χ2n) is 9.87. The van der Waals surface area contributed by atoms with Crippen molar-refractivity contribution in [2.24, 2.45) is 5.92 Å². The van der Waals surface area contributed by atoms with Crippen LogP contribution in [-0.2, 0) is 18.6 Å². The average Bonchev–Trinajstić information content (AvgIpc) is 3.07. The Labute approximate surface area is 148 Å². The third-order valence-electron chi connectivity index (χ3n) is 6.36. The molecule has 4 nitrogen and oxygen atoms in total. The van der Waals surface area contributed by atoms with Crippen LogP contribution in [0, 0.1) is 5.92 Å². The zero-order valence-electron chi connectivity index (χ0n) is 16.6. The zero-order valence-corrected chi connectivity index (χ0v) is 17.6. The van der Waals surface area contributed by atoms with Crippen molar-refractivity contribution < 1.29 is 18.6 Å². The minimum Gasteiger partial charge on any atom is -0.408 e. The third-order valence-corrected chi connectivity index (χ3v) is 10.8. The van der Waals surface area contributed by atoms with Crippen molar-refractivity contribution >= 4 is 8.32 Å². The highest BCUT2D eigenvalue weighted by Crippen LogP contribution is 2.45. The van der Waals surface area contributed by atoms with Crippen LogP contribution in [0.15, 0.2) is 0 Å². The van der Waals surface area contributed by atoms with Crippen molar-refractivity contribution in [3.8, 4) is 0 Å². The fourth-order valence-corrected chi connectivity index (χ4v) is 5.29. The standard InChI is InChI=1S/C19H36O4Si/c1-18(2,3)24(6,7)23-15-14(12-13-10-8-9-11-13)20-17-16(15)21-19(4,5)22-17/h13-17H,8-12H2,1-7H3. The third kappa shape index (κ3) is 3.75. The highest BCUT2D eigenvalue weighted by atomic mass is 28.4. The van der Waals surface area contributed by atoms with E-state index in [2.05, 4.69) is 33.9 Å². The minimum absolute atomic E-state index is 0.00160. The summed E-state index contributed by atoms with van der Waals surface area (Å²) < 4.78 is 25.3. The Morgan fingerprint density at radius 1 is 1.08 bits per heavy atom. The van der Waals surface area contributed by atoms with Crippen LogP contribution >= 0.6 is 0 Å². The molecule has 4 atom stereocenters. The number of fused-ring (bicyclic) bond motifs is 1. The van der Waals surface area contributed by atoms with Gasteiger partial charge < -0.3 is 18.6 Å². The van der Waals surface area contributed by atoms with Gasteiger partial charge in [-0.2, -0.15) is 0 Å². The van der Waals surface area contributed by atoms with E-state index in [1.807, 2.05) is 13.8 Å². The Morgan fingerprint density at radius 3 is 2.29 bits per heavy atom. The minimum atomic E-state index is -1.89. The second-order valence-corrected chi connectivity index (χ2v) is 14.6. The molecule has 3 fully saturated rings. The molecule has 0 spiro atoms. The quantitative estimate of drug-likeness (QED) is 0.676. The first-order chi connectivity index (χ1) is 11.0. The van der Waals surface area contributed by atoms with Gasteiger partial charge >= 0.3 is 0 Å². The maximum absolute atomic E-state index is 6.80. The highest BCUT2D eigenvalue weighted by molar-refractivity contribution is 6.74. The highest BCUT2D eigenvalue weighted by Gasteiger charge is 2.57. The number of rotatable bonds is 4. The van der Waals surface area contributed by atoms with Crippen molar-refractivity contribution in [2.45, 2.75) is 115 Å². The van der Waals surface area contributed by atoms with Gasteiger partial charge in [-0.15, -0.1) is 0 Å². The van der Waals surface area contributed by atoms with E-state index in [0.29, 0.717) is 0 Å². The first-order valence-electron chi connectivity index (χ1n) is 9.67. The van der Waals surface area contributed by atoms with Gasteiger partial charge in [0, 0.05) is 0 Å². The van der Waals surface area contributed by atoms with Crippen molar-refractivity contribution in [1.82, 2.24) is 0 Å². The lowest BCUT2D eigenvalue weighted by molar-refractivity contribution is -0.215. The van der Waals surface area contributed by atoms with E-state index in [-0.39, 0.29) is 29.6 Å². The fourth-order valence-electron chi connectivity index (χ4n) is 3.97. The Bertz CT molecular complexity index is 451. The van der Waals surface area contributed by atoms with Crippen LogP contribution in [0.1, 0.15) is 66.7 Å². The van der Waals surface area contributed by atoms with Crippen LogP contribution in [0.2, 0.25) is 18.1 Å². The summed E-state index contributed by atoms with van der Waals surface area (Å²) in [5, 5.41) is 0.179. The normalized spacial score (nSPS) is 37.1. The maximum atomic E-state index is 6.80. The van der Waals surface area contributed by atoms with E-state index in [1.54, 1.807) is 0 Å². The molecular formula is C19H36O4Si. The summed E-state index contributed by atoms with van der Waals surface area (Å²) in [6.45, 7) is 15.4. The topological polar surface area (TPSA) is 36.9 Å². The van der Waals surface area contributed by atoms with Gasteiger partial charge in [-0.3, -0.25) is 0 Å². The Balaban J connectivity index is 1.76. The molecule has 5 heteroatoms. The molecule has 140 valence electrons. The van der Waals surface area contributed by atoms with E-state index in [1.165, 1.54) is 25.7 Å². The summed E-state index contributed by atoms with van der Waals surface area (Å²) in [6, 6.07) is 0. The van der Waals surface area contributed by atoms with Crippen molar-refractivity contribution in [3.63, 3.8) is 0 Å². The van der Waals surface area contributed by atoms with Gasteiger partial charge in [0.1, 0.15) is 12.2 Å². The fraction of sp³-hybridized carbons (Fsp3) is 1.00.